The van der Waals surface area contributed by atoms with Gasteiger partial charge in [-0.05, 0) is 48.7 Å². The molecule has 0 aliphatic heterocycles. The number of hydrogen-bond donors (Lipinski definition) is 0. The van der Waals surface area contributed by atoms with Crippen LogP contribution in [0.25, 0.3) is 21.5 Å². The molecule has 0 spiro atoms. The highest BCUT2D eigenvalue weighted by atomic mass is 16.5. The summed E-state index contributed by atoms with van der Waals surface area (Å²) in [4.78, 5) is 24.0. The molecular weight excluding hydrogens is 328 g/mol. The number of hydrogen-bond acceptors (Lipinski definition) is 4. The van der Waals surface area contributed by atoms with Crippen molar-refractivity contribution in [3.8, 4) is 5.75 Å². The zero-order chi connectivity index (χ0) is 18.4. The largest absolute Gasteiger partial charge is 0.494 e. The summed E-state index contributed by atoms with van der Waals surface area (Å²) in [6.45, 7) is 2.74. The van der Waals surface area contributed by atoms with Crippen molar-refractivity contribution in [2.45, 2.75) is 26.2 Å². The molecule has 3 aromatic carbocycles. The van der Waals surface area contributed by atoms with E-state index in [0.29, 0.717) is 25.0 Å². The predicted molar refractivity (Wildman–Crippen MR) is 104 cm³/mol. The molecule has 0 fully saturated rings. The van der Waals surface area contributed by atoms with Gasteiger partial charge < -0.3 is 9.47 Å². The third-order valence-electron chi connectivity index (χ3n) is 4.26. The standard InChI is InChI=1S/C22H22O4/c1-2-25-21(23)9-5-6-14-26-18-12-13-20-17(15-18)11-10-16-7-3-4-8-19(16)22(20)24/h3-4,7-8,10-13,15H,2,5-6,9,14H2,1H3. The van der Waals surface area contributed by atoms with Crippen molar-refractivity contribution in [3.05, 3.63) is 64.8 Å². The topological polar surface area (TPSA) is 52.6 Å². The lowest BCUT2D eigenvalue weighted by atomic mass is 10.1. The Kier molecular flexibility index (Phi) is 5.84. The number of esters is 1. The van der Waals surface area contributed by atoms with Gasteiger partial charge in [-0.1, -0.05) is 36.4 Å². The molecule has 0 aliphatic carbocycles. The lowest BCUT2D eigenvalue weighted by Crippen LogP contribution is -2.05. The second-order valence-corrected chi connectivity index (χ2v) is 6.11. The van der Waals surface area contributed by atoms with Gasteiger partial charge in [0.25, 0.3) is 0 Å². The number of unbranched alkanes of at least 4 members (excludes halogenated alkanes) is 1. The molecule has 0 radical (unpaired) electrons. The first-order valence-corrected chi connectivity index (χ1v) is 8.93. The van der Waals surface area contributed by atoms with Crippen LogP contribution >= 0.6 is 0 Å². The number of carbonyl (C=O) groups excluding carboxylic acids is 1. The summed E-state index contributed by atoms with van der Waals surface area (Å²) in [6.07, 6.45) is 1.92. The average Bonchev–Trinajstić information content (AvgIpc) is 2.79. The van der Waals surface area contributed by atoms with Gasteiger partial charge in [0, 0.05) is 17.2 Å². The van der Waals surface area contributed by atoms with Gasteiger partial charge in [0.2, 0.25) is 0 Å². The van der Waals surface area contributed by atoms with Crippen molar-refractivity contribution >= 4 is 27.5 Å². The lowest BCUT2D eigenvalue weighted by Gasteiger charge is -2.06. The van der Waals surface area contributed by atoms with E-state index < -0.39 is 0 Å². The maximum absolute atomic E-state index is 12.7. The molecule has 0 bridgehead atoms. The van der Waals surface area contributed by atoms with Crippen LogP contribution in [0.4, 0.5) is 0 Å². The lowest BCUT2D eigenvalue weighted by molar-refractivity contribution is -0.143. The van der Waals surface area contributed by atoms with Crippen molar-refractivity contribution in [2.75, 3.05) is 13.2 Å². The molecule has 0 amide bonds. The van der Waals surface area contributed by atoms with E-state index in [1.807, 2.05) is 54.6 Å². The number of ether oxygens (including phenoxy) is 2. The van der Waals surface area contributed by atoms with Crippen LogP contribution in [0.3, 0.4) is 0 Å². The van der Waals surface area contributed by atoms with E-state index in [1.54, 1.807) is 6.92 Å². The third-order valence-corrected chi connectivity index (χ3v) is 4.26. The molecule has 0 heterocycles. The van der Waals surface area contributed by atoms with Crippen LogP contribution < -0.4 is 10.2 Å². The molecule has 0 aromatic heterocycles. The van der Waals surface area contributed by atoms with Gasteiger partial charge in [0.1, 0.15) is 5.75 Å². The Morgan fingerprint density at radius 3 is 2.54 bits per heavy atom. The minimum atomic E-state index is -0.166. The van der Waals surface area contributed by atoms with E-state index in [-0.39, 0.29) is 11.4 Å². The molecule has 4 nitrogen and oxygen atoms in total. The summed E-state index contributed by atoms with van der Waals surface area (Å²) in [5.74, 6) is 0.559. The van der Waals surface area contributed by atoms with Crippen LogP contribution in [0.15, 0.2) is 59.4 Å². The van der Waals surface area contributed by atoms with E-state index in [2.05, 4.69) is 0 Å². The van der Waals surface area contributed by atoms with Gasteiger partial charge in [0.05, 0.1) is 13.2 Å². The Hall–Kier alpha value is -2.88. The fourth-order valence-corrected chi connectivity index (χ4v) is 2.94. The SMILES string of the molecule is CCOC(=O)CCCCOc1ccc2c(=O)c3ccccc3ccc2c1. The number of fused-ring (bicyclic) bond motifs is 2. The first kappa shape index (κ1) is 17.9. The third kappa shape index (κ3) is 4.20. The smallest absolute Gasteiger partial charge is 0.305 e. The Balaban J connectivity index is 1.71. The zero-order valence-electron chi connectivity index (χ0n) is 14.9. The van der Waals surface area contributed by atoms with Gasteiger partial charge >= 0.3 is 5.97 Å². The van der Waals surface area contributed by atoms with E-state index in [4.69, 9.17) is 9.47 Å². The fraction of sp³-hybridized carbons (Fsp3) is 0.273. The quantitative estimate of drug-likeness (QED) is 0.466. The van der Waals surface area contributed by atoms with Crippen molar-refractivity contribution in [1.82, 2.24) is 0 Å². The van der Waals surface area contributed by atoms with E-state index >= 15 is 0 Å². The highest BCUT2D eigenvalue weighted by Gasteiger charge is 2.04. The molecule has 0 N–H and O–H groups in total. The second-order valence-electron chi connectivity index (χ2n) is 6.11. The van der Waals surface area contributed by atoms with E-state index in [9.17, 15) is 9.59 Å². The minimum absolute atomic E-state index is 0.0292. The van der Waals surface area contributed by atoms with Crippen molar-refractivity contribution in [2.24, 2.45) is 0 Å². The normalized spacial score (nSPS) is 10.8. The molecule has 0 saturated carbocycles. The van der Waals surface area contributed by atoms with Crippen molar-refractivity contribution < 1.29 is 14.3 Å². The molecule has 0 unspecified atom stereocenters. The second kappa shape index (κ2) is 8.48. The van der Waals surface area contributed by atoms with Crippen molar-refractivity contribution in [1.29, 1.82) is 0 Å². The number of rotatable bonds is 7. The average molecular weight is 350 g/mol. The van der Waals surface area contributed by atoms with E-state index in [0.717, 1.165) is 34.7 Å². The summed E-state index contributed by atoms with van der Waals surface area (Å²) in [7, 11) is 0. The monoisotopic (exact) mass is 350 g/mol. The summed E-state index contributed by atoms with van der Waals surface area (Å²) in [5, 5.41) is 3.18. The van der Waals surface area contributed by atoms with Crippen LogP contribution in [-0.4, -0.2) is 19.2 Å². The minimum Gasteiger partial charge on any atom is -0.494 e. The molecule has 3 rings (SSSR count). The Bertz CT molecular complexity index is 978. The Morgan fingerprint density at radius 2 is 1.69 bits per heavy atom. The first-order valence-electron chi connectivity index (χ1n) is 8.93. The Morgan fingerprint density at radius 1 is 0.923 bits per heavy atom. The fourth-order valence-electron chi connectivity index (χ4n) is 2.94. The van der Waals surface area contributed by atoms with Gasteiger partial charge in [-0.25, -0.2) is 0 Å². The van der Waals surface area contributed by atoms with Crippen LogP contribution in [0, 0.1) is 0 Å². The van der Waals surface area contributed by atoms with Crippen molar-refractivity contribution in [3.63, 3.8) is 0 Å². The number of benzene rings is 2. The van der Waals surface area contributed by atoms with Gasteiger partial charge in [-0.15, -0.1) is 0 Å². The highest BCUT2D eigenvalue weighted by Crippen LogP contribution is 2.21. The molecule has 4 heteroatoms. The zero-order valence-corrected chi connectivity index (χ0v) is 14.9. The van der Waals surface area contributed by atoms with Gasteiger partial charge in [-0.3, -0.25) is 9.59 Å². The van der Waals surface area contributed by atoms with E-state index in [1.165, 1.54) is 0 Å². The first-order chi connectivity index (χ1) is 12.7. The molecule has 3 aromatic rings. The van der Waals surface area contributed by atoms with Crippen LogP contribution in [0.5, 0.6) is 5.75 Å². The van der Waals surface area contributed by atoms with Crippen LogP contribution in [0.2, 0.25) is 0 Å². The van der Waals surface area contributed by atoms with Crippen LogP contribution in [-0.2, 0) is 9.53 Å². The Labute approximate surface area is 152 Å². The molecule has 0 aliphatic rings. The van der Waals surface area contributed by atoms with Gasteiger partial charge in [0.15, 0.2) is 5.43 Å². The van der Waals surface area contributed by atoms with Gasteiger partial charge in [-0.2, -0.15) is 0 Å². The summed E-state index contributed by atoms with van der Waals surface area (Å²) in [5.41, 5.74) is 0.0292. The maximum atomic E-state index is 12.7. The molecule has 134 valence electrons. The summed E-state index contributed by atoms with van der Waals surface area (Å²) < 4.78 is 10.7. The summed E-state index contributed by atoms with van der Waals surface area (Å²) in [6, 6.07) is 17.0. The molecule has 0 atom stereocenters. The van der Waals surface area contributed by atoms with Crippen LogP contribution in [0.1, 0.15) is 26.2 Å². The number of carbonyl (C=O) groups is 1. The molecule has 0 saturated heterocycles. The molecule has 26 heavy (non-hydrogen) atoms. The maximum Gasteiger partial charge on any atom is 0.305 e. The summed E-state index contributed by atoms with van der Waals surface area (Å²) >= 11 is 0. The molecular formula is C22H22O4. The highest BCUT2D eigenvalue weighted by molar-refractivity contribution is 5.93. The predicted octanol–water partition coefficient (Wildman–Crippen LogP) is 4.47.